The summed E-state index contributed by atoms with van der Waals surface area (Å²) in [6, 6.07) is 0. The van der Waals surface area contributed by atoms with Crippen LogP contribution in [-0.4, -0.2) is 123 Å². The van der Waals surface area contributed by atoms with Crippen LogP contribution in [0.1, 0.15) is 97.6 Å². The van der Waals surface area contributed by atoms with E-state index < -0.39 is 84.6 Å². The van der Waals surface area contributed by atoms with Gasteiger partial charge in [-0.15, -0.1) is 0 Å². The number of aliphatic hydroxyl groups excluding tert-OH is 2. The van der Waals surface area contributed by atoms with Gasteiger partial charge in [0.1, 0.15) is 36.3 Å². The molecule has 0 bridgehead atoms. The van der Waals surface area contributed by atoms with Crippen molar-refractivity contribution in [3.05, 3.63) is 61.3 Å². The summed E-state index contributed by atoms with van der Waals surface area (Å²) in [5.74, 6) is -1.08. The smallest absolute Gasteiger partial charge is 0.386 e. The van der Waals surface area contributed by atoms with E-state index in [2.05, 4.69) is 90.0 Å². The standard InChI is InChI=1S/C41H66N7O17P3S/c1-4-5-6-7-8-9-10-11-12-13-14-15-16-17-18-19-20-21-32(50)69-25-24-43-31(49)22-23-44-39(53)36(52)41(2,3)27-62-68(59,60)65-67(57,58)61-26-30-35(64-66(54,55)56)34(51)40(63-30)48-29-47-33-37(42)45-28-46-38(33)48/h5-6,8-9,11-12,17-18,28-30,34-36,40,51-52H,4,7,10,13-16,19-27H2,1-3H3,(H,43,49)(H,44,53)(H,57,58)(H,59,60)(H2,42,45,46)(H2,54,55,56)/b6-5-,9-8-,12-11-,18-17-/t30-,34-,35-,36+,40-/m1/s1. The van der Waals surface area contributed by atoms with Crippen molar-refractivity contribution >= 4 is 69.1 Å². The fourth-order valence-electron chi connectivity index (χ4n) is 6.32. The van der Waals surface area contributed by atoms with Crippen LogP contribution in [0.5, 0.6) is 0 Å². The lowest BCUT2D eigenvalue weighted by atomic mass is 9.87. The number of phosphoric acid groups is 3. The first-order valence-corrected chi connectivity index (χ1v) is 27.7. The lowest BCUT2D eigenvalue weighted by Crippen LogP contribution is -2.46. The van der Waals surface area contributed by atoms with Crippen LogP contribution >= 0.6 is 35.2 Å². The third-order valence-electron chi connectivity index (χ3n) is 9.95. The van der Waals surface area contributed by atoms with E-state index in [4.69, 9.17) is 19.5 Å². The number of allylic oxidation sites excluding steroid dienone is 8. The minimum atomic E-state index is -5.58. The maximum atomic E-state index is 12.7. The Morgan fingerprint density at radius 3 is 2.17 bits per heavy atom. The molecule has 1 aliphatic heterocycles. The number of nitrogens with two attached hydrogens (primary N) is 1. The first-order chi connectivity index (χ1) is 32.6. The van der Waals surface area contributed by atoms with Gasteiger partial charge in [0, 0.05) is 37.1 Å². The average molecular weight is 1050 g/mol. The van der Waals surface area contributed by atoms with Crippen LogP contribution in [0.3, 0.4) is 0 Å². The molecule has 1 saturated heterocycles. The van der Waals surface area contributed by atoms with E-state index in [1.54, 1.807) is 0 Å². The van der Waals surface area contributed by atoms with Crippen LogP contribution in [-0.2, 0) is 50.7 Å². The molecule has 7 atom stereocenters. The fourth-order valence-corrected chi connectivity index (χ4v) is 9.87. The first kappa shape index (κ1) is 59.8. The maximum Gasteiger partial charge on any atom is 0.481 e. The number of unbranched alkanes of at least 4 members (excludes halogenated alkanes) is 4. The lowest BCUT2D eigenvalue weighted by molar-refractivity contribution is -0.137. The molecular weight excluding hydrogens is 987 g/mol. The second-order valence-corrected chi connectivity index (χ2v) is 21.6. The molecule has 0 aliphatic carbocycles. The number of aliphatic hydroxyl groups is 2. The summed E-state index contributed by atoms with van der Waals surface area (Å²) in [4.78, 5) is 88.4. The third kappa shape index (κ3) is 22.6. The molecule has 388 valence electrons. The number of nitrogens with one attached hydrogen (secondary N) is 2. The predicted octanol–water partition coefficient (Wildman–Crippen LogP) is 4.81. The van der Waals surface area contributed by atoms with E-state index in [1.165, 1.54) is 13.8 Å². The molecule has 3 heterocycles. The molecule has 28 heteroatoms. The maximum absolute atomic E-state index is 12.7. The van der Waals surface area contributed by atoms with Gasteiger partial charge in [-0.1, -0.05) is 81.1 Å². The van der Waals surface area contributed by atoms with Crippen molar-refractivity contribution in [1.82, 2.24) is 30.2 Å². The van der Waals surface area contributed by atoms with Crippen molar-refractivity contribution in [3.8, 4) is 0 Å². The molecule has 2 aromatic heterocycles. The second-order valence-electron chi connectivity index (χ2n) is 16.2. The normalized spacial score (nSPS) is 20.3. The minimum Gasteiger partial charge on any atom is -0.386 e. The van der Waals surface area contributed by atoms with Crippen molar-refractivity contribution in [1.29, 1.82) is 0 Å². The summed E-state index contributed by atoms with van der Waals surface area (Å²) in [6.07, 6.45) is 19.7. The number of amides is 2. The molecule has 10 N–H and O–H groups in total. The number of fused-ring (bicyclic) bond motifs is 1. The summed E-state index contributed by atoms with van der Waals surface area (Å²) in [7, 11) is -16.4. The van der Waals surface area contributed by atoms with Crippen LogP contribution in [0.25, 0.3) is 11.2 Å². The van der Waals surface area contributed by atoms with Gasteiger partial charge >= 0.3 is 23.5 Å². The highest BCUT2D eigenvalue weighted by atomic mass is 32.2. The second kappa shape index (κ2) is 29.8. The number of phosphoric ester groups is 3. The molecule has 24 nitrogen and oxygen atoms in total. The van der Waals surface area contributed by atoms with Gasteiger partial charge < -0.3 is 50.9 Å². The number of hydrogen-bond donors (Lipinski definition) is 9. The Hall–Kier alpha value is -3.48. The van der Waals surface area contributed by atoms with Crippen molar-refractivity contribution in [3.63, 3.8) is 0 Å². The molecule has 2 amide bonds. The van der Waals surface area contributed by atoms with Gasteiger partial charge in [-0.25, -0.2) is 28.6 Å². The Balaban J connectivity index is 1.30. The van der Waals surface area contributed by atoms with Crippen molar-refractivity contribution < 1.29 is 80.5 Å². The predicted molar refractivity (Wildman–Crippen MR) is 256 cm³/mol. The number of anilines is 1. The minimum absolute atomic E-state index is 0.0219. The molecule has 2 aromatic rings. The zero-order valence-electron chi connectivity index (χ0n) is 38.8. The molecule has 0 radical (unpaired) electrons. The highest BCUT2D eigenvalue weighted by molar-refractivity contribution is 8.13. The van der Waals surface area contributed by atoms with Gasteiger partial charge in [0.15, 0.2) is 22.8 Å². The molecule has 69 heavy (non-hydrogen) atoms. The summed E-state index contributed by atoms with van der Waals surface area (Å²) in [5, 5.41) is 26.6. The van der Waals surface area contributed by atoms with Gasteiger partial charge in [-0.2, -0.15) is 4.31 Å². The monoisotopic (exact) mass is 1050 g/mol. The SMILES string of the molecule is CC/C=C\C/C=C\C/C=C\CCCC/C=C\CCCC(=O)SCCNC(=O)CCNC(=O)[C@H](O)C(C)(C)COP(=O)(O)OP(=O)(O)OC[C@H]1O[C@@H](n2cnc3c(N)ncnc32)[C@H](O)[C@@H]1OP(=O)(O)O. The average Bonchev–Trinajstić information content (AvgIpc) is 3.84. The Morgan fingerprint density at radius 1 is 0.884 bits per heavy atom. The Bertz CT molecular complexity index is 2220. The van der Waals surface area contributed by atoms with E-state index >= 15 is 0 Å². The Morgan fingerprint density at radius 2 is 1.51 bits per heavy atom. The summed E-state index contributed by atoms with van der Waals surface area (Å²) < 4.78 is 62.4. The fraction of sp³-hybridized carbons (Fsp3) is 0.610. The van der Waals surface area contributed by atoms with Gasteiger partial charge in [0.2, 0.25) is 11.8 Å². The summed E-state index contributed by atoms with van der Waals surface area (Å²) >= 11 is 1.12. The van der Waals surface area contributed by atoms with E-state index in [-0.39, 0.29) is 41.6 Å². The Kier molecular flexibility index (Phi) is 25.8. The van der Waals surface area contributed by atoms with Crippen LogP contribution in [0.4, 0.5) is 5.82 Å². The van der Waals surface area contributed by atoms with Gasteiger partial charge in [0.25, 0.3) is 0 Å². The largest absolute Gasteiger partial charge is 0.481 e. The Labute approximate surface area is 405 Å². The summed E-state index contributed by atoms with van der Waals surface area (Å²) in [5.41, 5.74) is 4.28. The zero-order chi connectivity index (χ0) is 51.1. The molecule has 1 aliphatic rings. The highest BCUT2D eigenvalue weighted by Gasteiger charge is 2.50. The van der Waals surface area contributed by atoms with Crippen LogP contribution < -0.4 is 16.4 Å². The van der Waals surface area contributed by atoms with Gasteiger partial charge in [-0.3, -0.25) is 32.5 Å². The number of nitrogen functional groups attached to an aromatic ring is 1. The molecule has 1 fully saturated rings. The quantitative estimate of drug-likeness (QED) is 0.0263. The number of nitrogens with zero attached hydrogens (tertiary/aromatic N) is 4. The number of carbonyl (C=O) groups is 3. The van der Waals surface area contributed by atoms with Gasteiger partial charge in [-0.05, 0) is 57.8 Å². The summed E-state index contributed by atoms with van der Waals surface area (Å²) in [6.45, 7) is 2.64. The molecular formula is C41H66N7O17P3S. The number of thioether (sulfide) groups is 1. The lowest BCUT2D eigenvalue weighted by Gasteiger charge is -2.30. The molecule has 0 spiro atoms. The number of rotatable bonds is 33. The van der Waals surface area contributed by atoms with Crippen molar-refractivity contribution in [2.75, 3.05) is 37.8 Å². The molecule has 0 saturated carbocycles. The molecule has 2 unspecified atom stereocenters. The van der Waals surface area contributed by atoms with Crippen molar-refractivity contribution in [2.45, 2.75) is 122 Å². The molecule has 0 aromatic carbocycles. The van der Waals surface area contributed by atoms with E-state index in [0.717, 1.165) is 86.8 Å². The van der Waals surface area contributed by atoms with Crippen molar-refractivity contribution in [2.24, 2.45) is 5.41 Å². The van der Waals surface area contributed by atoms with Crippen LogP contribution in [0.2, 0.25) is 0 Å². The first-order valence-electron chi connectivity index (χ1n) is 22.2. The van der Waals surface area contributed by atoms with E-state index in [0.29, 0.717) is 12.2 Å². The topological polar surface area (TPSA) is 364 Å². The highest BCUT2D eigenvalue weighted by Crippen LogP contribution is 2.61. The van der Waals surface area contributed by atoms with Crippen LogP contribution in [0, 0.1) is 5.41 Å². The number of hydrogen-bond acceptors (Lipinski definition) is 18. The number of carbonyl (C=O) groups excluding carboxylic acids is 3. The van der Waals surface area contributed by atoms with E-state index in [1.807, 2.05) is 0 Å². The van der Waals surface area contributed by atoms with Crippen LogP contribution in [0.15, 0.2) is 61.3 Å². The number of ether oxygens (including phenoxy) is 1. The van der Waals surface area contributed by atoms with Gasteiger partial charge in [0.05, 0.1) is 19.5 Å². The third-order valence-corrected chi connectivity index (χ3v) is 14.0. The number of aromatic nitrogens is 4. The van der Waals surface area contributed by atoms with E-state index in [9.17, 15) is 57.9 Å². The molecule has 3 rings (SSSR count). The zero-order valence-corrected chi connectivity index (χ0v) is 42.3. The number of imidazole rings is 1.